The second-order valence-electron chi connectivity index (χ2n) is 4.81. The molecule has 0 atom stereocenters. The zero-order valence-electron chi connectivity index (χ0n) is 12.4. The minimum Gasteiger partial charge on any atom is -0.370 e. The van der Waals surface area contributed by atoms with E-state index >= 15 is 0 Å². The summed E-state index contributed by atoms with van der Waals surface area (Å²) < 4.78 is 1.11. The van der Waals surface area contributed by atoms with Crippen molar-refractivity contribution in [1.82, 2.24) is 9.97 Å². The summed E-state index contributed by atoms with van der Waals surface area (Å²) in [5, 5.41) is 3.34. The lowest BCUT2D eigenvalue weighted by atomic mass is 10.1. The summed E-state index contributed by atoms with van der Waals surface area (Å²) in [4.78, 5) is 9.36. The Morgan fingerprint density at radius 3 is 2.50 bits per heavy atom. The highest BCUT2D eigenvalue weighted by atomic mass is 79.9. The third-order valence-electron chi connectivity index (χ3n) is 3.33. The van der Waals surface area contributed by atoms with Crippen molar-refractivity contribution in [2.75, 3.05) is 11.9 Å². The third-order valence-corrected chi connectivity index (χ3v) is 4.22. The molecular formula is C16H20BrN3. The van der Waals surface area contributed by atoms with Crippen molar-refractivity contribution in [3.63, 3.8) is 0 Å². The molecule has 1 aromatic carbocycles. The second-order valence-corrected chi connectivity index (χ2v) is 5.66. The Balaban J connectivity index is 2.54. The molecule has 2 rings (SSSR count). The summed E-state index contributed by atoms with van der Waals surface area (Å²) in [6.07, 6.45) is 0.938. The molecule has 1 heterocycles. The van der Waals surface area contributed by atoms with Gasteiger partial charge in [0.2, 0.25) is 0 Å². The van der Waals surface area contributed by atoms with Crippen molar-refractivity contribution in [3.8, 4) is 11.4 Å². The fourth-order valence-electron chi connectivity index (χ4n) is 2.25. The van der Waals surface area contributed by atoms with E-state index < -0.39 is 0 Å². The van der Waals surface area contributed by atoms with Crippen LogP contribution in [0.2, 0.25) is 0 Å². The quantitative estimate of drug-likeness (QED) is 0.893. The maximum absolute atomic E-state index is 4.70. The van der Waals surface area contributed by atoms with E-state index in [9.17, 15) is 0 Å². The second kappa shape index (κ2) is 6.35. The van der Waals surface area contributed by atoms with Gasteiger partial charge in [0.1, 0.15) is 5.82 Å². The number of aryl methyl sites for hydroxylation is 2. The molecule has 0 fully saturated rings. The highest BCUT2D eigenvalue weighted by Gasteiger charge is 2.11. The Bertz CT molecular complexity index is 623. The van der Waals surface area contributed by atoms with Crippen molar-refractivity contribution in [2.45, 2.75) is 34.1 Å². The van der Waals surface area contributed by atoms with Crippen LogP contribution in [0.3, 0.4) is 0 Å². The monoisotopic (exact) mass is 333 g/mol. The fraction of sp³-hybridized carbons (Fsp3) is 0.375. The van der Waals surface area contributed by atoms with Crippen LogP contribution in [0.25, 0.3) is 11.4 Å². The molecule has 0 unspecified atom stereocenters. The van der Waals surface area contributed by atoms with Gasteiger partial charge in [-0.15, -0.1) is 0 Å². The Labute approximate surface area is 129 Å². The number of benzene rings is 1. The van der Waals surface area contributed by atoms with E-state index in [0.29, 0.717) is 0 Å². The van der Waals surface area contributed by atoms with Crippen LogP contribution < -0.4 is 5.32 Å². The zero-order valence-corrected chi connectivity index (χ0v) is 14.0. The largest absolute Gasteiger partial charge is 0.370 e. The maximum Gasteiger partial charge on any atom is 0.161 e. The molecule has 2 aromatic rings. The normalized spacial score (nSPS) is 10.7. The third kappa shape index (κ3) is 3.01. The van der Waals surface area contributed by atoms with Crippen LogP contribution in [-0.4, -0.2) is 16.5 Å². The molecule has 106 valence electrons. The van der Waals surface area contributed by atoms with E-state index in [1.54, 1.807) is 0 Å². The van der Waals surface area contributed by atoms with E-state index in [-0.39, 0.29) is 0 Å². The fourth-order valence-corrected chi connectivity index (χ4v) is 2.49. The minimum absolute atomic E-state index is 0.784. The van der Waals surface area contributed by atoms with Gasteiger partial charge < -0.3 is 5.32 Å². The van der Waals surface area contributed by atoms with Crippen molar-refractivity contribution in [2.24, 2.45) is 0 Å². The highest BCUT2D eigenvalue weighted by molar-refractivity contribution is 9.10. The topological polar surface area (TPSA) is 37.8 Å². The predicted molar refractivity (Wildman–Crippen MR) is 88.2 cm³/mol. The molecule has 0 aliphatic carbocycles. The van der Waals surface area contributed by atoms with E-state index in [1.165, 1.54) is 11.1 Å². The smallest absolute Gasteiger partial charge is 0.161 e. The predicted octanol–water partition coefficient (Wildman–Crippen LogP) is 4.52. The number of rotatable bonds is 4. The van der Waals surface area contributed by atoms with Crippen LogP contribution in [0, 0.1) is 13.8 Å². The van der Waals surface area contributed by atoms with Crippen LogP contribution >= 0.6 is 15.9 Å². The zero-order chi connectivity index (χ0) is 14.7. The number of nitrogens with zero attached hydrogens (tertiary/aromatic N) is 2. The van der Waals surface area contributed by atoms with Gasteiger partial charge in [-0.05, 0) is 44.9 Å². The standard InChI is InChI=1S/C16H20BrN3/c1-5-13-11(4)19-15(20-16(13)18-6-2)12-7-8-14(17)10(3)9-12/h7-9H,5-6H2,1-4H3,(H,18,19,20). The molecule has 0 amide bonds. The van der Waals surface area contributed by atoms with Gasteiger partial charge in [-0.1, -0.05) is 28.9 Å². The molecule has 0 aliphatic heterocycles. The number of halogens is 1. The molecule has 0 bridgehead atoms. The summed E-state index contributed by atoms with van der Waals surface area (Å²) in [5.74, 6) is 1.74. The number of hydrogen-bond donors (Lipinski definition) is 1. The molecule has 0 saturated heterocycles. The van der Waals surface area contributed by atoms with Crippen LogP contribution in [0.1, 0.15) is 30.7 Å². The summed E-state index contributed by atoms with van der Waals surface area (Å²) in [6, 6.07) is 6.21. The summed E-state index contributed by atoms with van der Waals surface area (Å²) >= 11 is 3.53. The first kappa shape index (κ1) is 15.0. The van der Waals surface area contributed by atoms with Crippen LogP contribution in [0.15, 0.2) is 22.7 Å². The summed E-state index contributed by atoms with van der Waals surface area (Å²) in [5.41, 5.74) is 4.49. The Morgan fingerprint density at radius 1 is 1.15 bits per heavy atom. The van der Waals surface area contributed by atoms with Gasteiger partial charge in [0.25, 0.3) is 0 Å². The van der Waals surface area contributed by atoms with Crippen LogP contribution in [0.5, 0.6) is 0 Å². The van der Waals surface area contributed by atoms with E-state index in [0.717, 1.165) is 40.3 Å². The number of anilines is 1. The SMILES string of the molecule is CCNc1nc(-c2ccc(Br)c(C)c2)nc(C)c1CC. The van der Waals surface area contributed by atoms with Crippen molar-refractivity contribution in [1.29, 1.82) is 0 Å². The average Bonchev–Trinajstić information content (AvgIpc) is 2.42. The van der Waals surface area contributed by atoms with Gasteiger partial charge in [-0.2, -0.15) is 0 Å². The molecule has 3 nitrogen and oxygen atoms in total. The average molecular weight is 334 g/mol. The molecule has 1 N–H and O–H groups in total. The van der Waals surface area contributed by atoms with Gasteiger partial charge in [-0.3, -0.25) is 0 Å². The molecule has 0 spiro atoms. The van der Waals surface area contributed by atoms with E-state index in [2.05, 4.69) is 60.0 Å². The Kier molecular flexibility index (Phi) is 4.76. The van der Waals surface area contributed by atoms with Crippen LogP contribution in [0.4, 0.5) is 5.82 Å². The molecule has 0 saturated carbocycles. The van der Waals surface area contributed by atoms with Crippen molar-refractivity contribution in [3.05, 3.63) is 39.5 Å². The molecule has 0 radical (unpaired) electrons. The number of aromatic nitrogens is 2. The number of nitrogens with one attached hydrogen (secondary N) is 1. The molecule has 20 heavy (non-hydrogen) atoms. The molecular weight excluding hydrogens is 314 g/mol. The first-order valence-electron chi connectivity index (χ1n) is 6.94. The van der Waals surface area contributed by atoms with E-state index in [1.807, 2.05) is 12.1 Å². The van der Waals surface area contributed by atoms with E-state index in [4.69, 9.17) is 4.98 Å². The lowest BCUT2D eigenvalue weighted by Crippen LogP contribution is -2.08. The van der Waals surface area contributed by atoms with Gasteiger partial charge >= 0.3 is 0 Å². The molecule has 4 heteroatoms. The first-order valence-corrected chi connectivity index (χ1v) is 7.74. The van der Waals surface area contributed by atoms with Crippen molar-refractivity contribution < 1.29 is 0 Å². The first-order chi connectivity index (χ1) is 9.56. The van der Waals surface area contributed by atoms with Crippen molar-refractivity contribution >= 4 is 21.7 Å². The summed E-state index contributed by atoms with van der Waals surface area (Å²) in [6.45, 7) is 9.21. The Hall–Kier alpha value is -1.42. The molecule has 0 aliphatic rings. The van der Waals surface area contributed by atoms with Gasteiger partial charge in [0.05, 0.1) is 0 Å². The summed E-state index contributed by atoms with van der Waals surface area (Å²) in [7, 11) is 0. The maximum atomic E-state index is 4.70. The van der Waals surface area contributed by atoms with Gasteiger partial charge in [0.15, 0.2) is 5.82 Å². The molecule has 1 aromatic heterocycles. The lowest BCUT2D eigenvalue weighted by Gasteiger charge is -2.13. The minimum atomic E-state index is 0.784. The Morgan fingerprint density at radius 2 is 1.90 bits per heavy atom. The van der Waals surface area contributed by atoms with Crippen LogP contribution in [-0.2, 0) is 6.42 Å². The number of hydrogen-bond acceptors (Lipinski definition) is 3. The van der Waals surface area contributed by atoms with Gasteiger partial charge in [-0.25, -0.2) is 9.97 Å². The highest BCUT2D eigenvalue weighted by Crippen LogP contribution is 2.26. The lowest BCUT2D eigenvalue weighted by molar-refractivity contribution is 0.989. The van der Waals surface area contributed by atoms with Gasteiger partial charge in [0, 0.05) is 27.8 Å².